The topological polar surface area (TPSA) is 73.9 Å². The highest BCUT2D eigenvalue weighted by atomic mass is 35.5. The van der Waals surface area contributed by atoms with E-state index in [1.807, 2.05) is 0 Å². The van der Waals surface area contributed by atoms with Gasteiger partial charge in [0.15, 0.2) is 5.84 Å². The van der Waals surface area contributed by atoms with Crippen LogP contribution in [0.1, 0.15) is 11.1 Å². The zero-order valence-corrected chi connectivity index (χ0v) is 13.5. The summed E-state index contributed by atoms with van der Waals surface area (Å²) in [5, 5.41) is 4.00. The summed E-state index contributed by atoms with van der Waals surface area (Å²) in [6, 6.07) is 10.4. The Morgan fingerprint density at radius 2 is 1.96 bits per heavy atom. The first-order valence-corrected chi connectivity index (χ1v) is 7.19. The molecule has 24 heavy (non-hydrogen) atoms. The fourth-order valence-corrected chi connectivity index (χ4v) is 1.96. The Kier molecular flexibility index (Phi) is 5.92. The van der Waals surface area contributed by atoms with Crippen LogP contribution in [0, 0.1) is 5.82 Å². The van der Waals surface area contributed by atoms with E-state index in [0.29, 0.717) is 21.9 Å². The summed E-state index contributed by atoms with van der Waals surface area (Å²) in [6.45, 7) is 0. The first kappa shape index (κ1) is 17.5. The lowest BCUT2D eigenvalue weighted by atomic mass is 10.2. The smallest absolute Gasteiger partial charge is 0.358 e. The van der Waals surface area contributed by atoms with Crippen molar-refractivity contribution in [3.8, 4) is 5.75 Å². The summed E-state index contributed by atoms with van der Waals surface area (Å²) < 4.78 is 17.9. The summed E-state index contributed by atoms with van der Waals surface area (Å²) in [7, 11) is 1.47. The molecule has 0 aliphatic heterocycles. The van der Waals surface area contributed by atoms with Crippen molar-refractivity contribution in [2.45, 2.75) is 0 Å². The molecule has 0 spiro atoms. The van der Waals surface area contributed by atoms with Crippen LogP contribution >= 0.6 is 11.6 Å². The lowest BCUT2D eigenvalue weighted by Crippen LogP contribution is -2.16. The Labute approximate surface area is 143 Å². The zero-order valence-electron chi connectivity index (χ0n) is 12.7. The molecule has 0 heterocycles. The van der Waals surface area contributed by atoms with Crippen LogP contribution in [0.2, 0.25) is 5.02 Å². The van der Waals surface area contributed by atoms with Gasteiger partial charge in [-0.15, -0.1) is 0 Å². The van der Waals surface area contributed by atoms with E-state index in [9.17, 15) is 9.18 Å². The minimum Gasteiger partial charge on any atom is -0.496 e. The molecule has 0 atom stereocenters. The predicted molar refractivity (Wildman–Crippen MR) is 90.3 cm³/mol. The molecule has 0 amide bonds. The van der Waals surface area contributed by atoms with Crippen LogP contribution in [-0.4, -0.2) is 18.9 Å². The molecule has 0 aliphatic rings. The maximum atomic E-state index is 12.8. The molecule has 0 saturated heterocycles. The first-order chi connectivity index (χ1) is 11.5. The van der Waals surface area contributed by atoms with Crippen molar-refractivity contribution in [1.82, 2.24) is 0 Å². The fraction of sp³-hybridized carbons (Fsp3) is 0.0588. The van der Waals surface area contributed by atoms with Crippen LogP contribution in [-0.2, 0) is 9.63 Å². The second-order valence-corrected chi connectivity index (χ2v) is 5.05. The van der Waals surface area contributed by atoms with Crippen LogP contribution in [0.15, 0.2) is 53.7 Å². The van der Waals surface area contributed by atoms with E-state index >= 15 is 0 Å². The number of amidine groups is 1. The molecule has 0 fully saturated rings. The van der Waals surface area contributed by atoms with Crippen molar-refractivity contribution in [3.63, 3.8) is 0 Å². The van der Waals surface area contributed by atoms with Gasteiger partial charge in [0.2, 0.25) is 0 Å². The van der Waals surface area contributed by atoms with E-state index in [1.54, 1.807) is 18.2 Å². The van der Waals surface area contributed by atoms with Gasteiger partial charge in [0, 0.05) is 11.1 Å². The van der Waals surface area contributed by atoms with Crippen molar-refractivity contribution < 1.29 is 18.8 Å². The Bertz CT molecular complexity index is 789. The number of carbonyl (C=O) groups is 1. The number of oxime groups is 1. The monoisotopic (exact) mass is 348 g/mol. The maximum absolute atomic E-state index is 12.8. The number of rotatable bonds is 5. The third kappa shape index (κ3) is 4.82. The summed E-state index contributed by atoms with van der Waals surface area (Å²) in [5.41, 5.74) is 6.82. The number of benzene rings is 2. The molecule has 2 aromatic rings. The number of carbonyl (C=O) groups excluding carboxylic acids is 1. The molecule has 0 bridgehead atoms. The van der Waals surface area contributed by atoms with Gasteiger partial charge in [-0.2, -0.15) is 0 Å². The van der Waals surface area contributed by atoms with Crippen molar-refractivity contribution in [1.29, 1.82) is 0 Å². The summed E-state index contributed by atoms with van der Waals surface area (Å²) in [5.74, 6) is -0.706. The van der Waals surface area contributed by atoms with Gasteiger partial charge < -0.3 is 15.3 Å². The second kappa shape index (κ2) is 8.12. The van der Waals surface area contributed by atoms with E-state index < -0.39 is 5.97 Å². The van der Waals surface area contributed by atoms with Crippen molar-refractivity contribution in [2.75, 3.05) is 7.11 Å². The lowest BCUT2D eigenvalue weighted by Gasteiger charge is -2.07. The lowest BCUT2D eigenvalue weighted by molar-refractivity contribution is -0.137. The van der Waals surface area contributed by atoms with Gasteiger partial charge in [0.25, 0.3) is 0 Å². The molecule has 0 aliphatic carbocycles. The SMILES string of the molecule is COc1ccc(Cl)cc1/C(N)=N/OC(=O)/C=C/c1ccc(F)cc1. The van der Waals surface area contributed by atoms with Crippen LogP contribution in [0.3, 0.4) is 0 Å². The average Bonchev–Trinajstić information content (AvgIpc) is 2.59. The zero-order chi connectivity index (χ0) is 17.5. The number of ether oxygens (including phenoxy) is 1. The number of nitrogens with two attached hydrogens (primary N) is 1. The number of nitrogens with zero attached hydrogens (tertiary/aromatic N) is 1. The molecule has 7 heteroatoms. The molecule has 2 N–H and O–H groups in total. The van der Waals surface area contributed by atoms with Gasteiger partial charge in [-0.1, -0.05) is 28.9 Å². The van der Waals surface area contributed by atoms with Crippen molar-refractivity contribution in [2.24, 2.45) is 10.9 Å². The molecule has 0 saturated carbocycles. The Hall–Kier alpha value is -2.86. The van der Waals surface area contributed by atoms with Crippen molar-refractivity contribution in [3.05, 3.63) is 70.5 Å². The normalized spacial score (nSPS) is 11.5. The standard InChI is InChI=1S/C17H14ClFN2O3/c1-23-15-8-5-12(18)10-14(15)17(20)21-24-16(22)9-4-11-2-6-13(19)7-3-11/h2-10H,1H3,(H2,20,21)/b9-4+. The molecule has 0 radical (unpaired) electrons. The minimum absolute atomic E-state index is 0.0575. The average molecular weight is 349 g/mol. The van der Waals surface area contributed by atoms with Crippen LogP contribution in [0.5, 0.6) is 5.75 Å². The quantitative estimate of drug-likeness (QED) is 0.295. The molecule has 2 aromatic carbocycles. The molecule has 2 rings (SSSR count). The van der Waals surface area contributed by atoms with Gasteiger partial charge in [-0.05, 0) is 42.0 Å². The molecular formula is C17H14ClFN2O3. The fourth-order valence-electron chi connectivity index (χ4n) is 1.79. The van der Waals surface area contributed by atoms with E-state index in [1.165, 1.54) is 37.5 Å². The summed E-state index contributed by atoms with van der Waals surface area (Å²) in [6.07, 6.45) is 2.62. The minimum atomic E-state index is -0.733. The van der Waals surface area contributed by atoms with Gasteiger partial charge in [-0.3, -0.25) is 0 Å². The van der Waals surface area contributed by atoms with Crippen LogP contribution in [0.25, 0.3) is 6.08 Å². The van der Waals surface area contributed by atoms with Gasteiger partial charge in [0.1, 0.15) is 11.6 Å². The Balaban J connectivity index is 2.05. The van der Waals surface area contributed by atoms with Gasteiger partial charge in [0.05, 0.1) is 12.7 Å². The first-order valence-electron chi connectivity index (χ1n) is 6.81. The number of halogens is 2. The highest BCUT2D eigenvalue weighted by Crippen LogP contribution is 2.22. The largest absolute Gasteiger partial charge is 0.496 e. The molecular weight excluding hydrogens is 335 g/mol. The van der Waals surface area contributed by atoms with Gasteiger partial charge in [-0.25, -0.2) is 9.18 Å². The molecule has 0 unspecified atom stereocenters. The van der Waals surface area contributed by atoms with Crippen LogP contribution < -0.4 is 10.5 Å². The van der Waals surface area contributed by atoms with E-state index in [0.717, 1.165) is 6.08 Å². The molecule has 0 aromatic heterocycles. The van der Waals surface area contributed by atoms with E-state index in [-0.39, 0.29) is 11.7 Å². The predicted octanol–water partition coefficient (Wildman–Crippen LogP) is 3.36. The highest BCUT2D eigenvalue weighted by Gasteiger charge is 2.09. The third-order valence-electron chi connectivity index (χ3n) is 2.95. The Morgan fingerprint density at radius 1 is 1.25 bits per heavy atom. The summed E-state index contributed by atoms with van der Waals surface area (Å²) in [4.78, 5) is 16.3. The van der Waals surface area contributed by atoms with E-state index in [4.69, 9.17) is 26.9 Å². The second-order valence-electron chi connectivity index (χ2n) is 4.62. The number of hydrogen-bond acceptors (Lipinski definition) is 4. The number of hydrogen-bond donors (Lipinski definition) is 1. The molecule has 124 valence electrons. The highest BCUT2D eigenvalue weighted by molar-refractivity contribution is 6.31. The third-order valence-corrected chi connectivity index (χ3v) is 3.19. The Morgan fingerprint density at radius 3 is 2.62 bits per heavy atom. The molecule has 5 nitrogen and oxygen atoms in total. The maximum Gasteiger partial charge on any atom is 0.358 e. The summed E-state index contributed by atoms with van der Waals surface area (Å²) >= 11 is 5.90. The van der Waals surface area contributed by atoms with Gasteiger partial charge >= 0.3 is 5.97 Å². The van der Waals surface area contributed by atoms with Crippen LogP contribution in [0.4, 0.5) is 4.39 Å². The number of methoxy groups -OCH3 is 1. The van der Waals surface area contributed by atoms with E-state index in [2.05, 4.69) is 5.16 Å². The van der Waals surface area contributed by atoms with Crippen molar-refractivity contribution >= 4 is 29.5 Å².